The Morgan fingerprint density at radius 1 is 1.31 bits per heavy atom. The lowest BCUT2D eigenvalue weighted by Crippen LogP contribution is -2.41. The molecule has 1 aliphatic carbocycles. The molecule has 0 bridgehead atoms. The van der Waals surface area contributed by atoms with Gasteiger partial charge in [-0.2, -0.15) is 4.31 Å². The Morgan fingerprint density at radius 2 is 2.00 bits per heavy atom. The van der Waals surface area contributed by atoms with Crippen LogP contribution in [0.4, 0.5) is 14.5 Å². The van der Waals surface area contributed by atoms with Crippen molar-refractivity contribution in [2.24, 2.45) is 5.41 Å². The molecule has 0 saturated heterocycles. The predicted molar refractivity (Wildman–Crippen MR) is 95.6 cm³/mol. The number of carbonyl (C=O) groups excluding carboxylic acids is 1. The van der Waals surface area contributed by atoms with Gasteiger partial charge in [0.25, 0.3) is 6.43 Å². The number of sulfonamides is 1. The Labute approximate surface area is 152 Å². The van der Waals surface area contributed by atoms with Crippen LogP contribution in [0.5, 0.6) is 0 Å². The van der Waals surface area contributed by atoms with Gasteiger partial charge in [0, 0.05) is 18.8 Å². The third kappa shape index (κ3) is 3.36. The molecule has 0 radical (unpaired) electrons. The SMILES string of the molecule is CCS(=O)(=O)N1CCc2c(cccc2NC(=O)C2(C(F)F)CCCC2)C1. The van der Waals surface area contributed by atoms with E-state index in [-0.39, 0.29) is 25.1 Å². The maximum absolute atomic E-state index is 13.6. The van der Waals surface area contributed by atoms with Gasteiger partial charge in [0.05, 0.1) is 5.75 Å². The van der Waals surface area contributed by atoms with Crippen molar-refractivity contribution in [3.05, 3.63) is 29.3 Å². The van der Waals surface area contributed by atoms with Crippen LogP contribution in [0.1, 0.15) is 43.7 Å². The van der Waals surface area contributed by atoms with Crippen molar-refractivity contribution >= 4 is 21.6 Å². The van der Waals surface area contributed by atoms with Crippen molar-refractivity contribution in [3.63, 3.8) is 0 Å². The number of amides is 1. The number of anilines is 1. The first-order valence-electron chi connectivity index (χ1n) is 8.98. The number of halogens is 2. The molecule has 2 aliphatic rings. The molecule has 3 rings (SSSR count). The van der Waals surface area contributed by atoms with Crippen LogP contribution in [0.2, 0.25) is 0 Å². The van der Waals surface area contributed by atoms with Crippen LogP contribution in [0.25, 0.3) is 0 Å². The zero-order chi connectivity index (χ0) is 18.9. The molecule has 1 saturated carbocycles. The van der Waals surface area contributed by atoms with Gasteiger partial charge in [-0.25, -0.2) is 17.2 Å². The number of rotatable bonds is 5. The summed E-state index contributed by atoms with van der Waals surface area (Å²) in [6.07, 6.45) is -0.563. The second-order valence-corrected chi connectivity index (χ2v) is 9.30. The predicted octanol–water partition coefficient (Wildman–Crippen LogP) is 3.16. The largest absolute Gasteiger partial charge is 0.325 e. The Hall–Kier alpha value is -1.54. The Morgan fingerprint density at radius 3 is 2.62 bits per heavy atom. The fourth-order valence-electron chi connectivity index (χ4n) is 3.92. The monoisotopic (exact) mass is 386 g/mol. The number of nitrogens with zero attached hydrogens (tertiary/aromatic N) is 1. The molecule has 26 heavy (non-hydrogen) atoms. The number of hydrogen-bond acceptors (Lipinski definition) is 3. The van der Waals surface area contributed by atoms with Crippen molar-refractivity contribution in [2.75, 3.05) is 17.6 Å². The lowest BCUT2D eigenvalue weighted by molar-refractivity contribution is -0.134. The summed E-state index contributed by atoms with van der Waals surface area (Å²) in [7, 11) is -3.29. The first-order chi connectivity index (χ1) is 12.3. The molecule has 1 heterocycles. The third-order valence-electron chi connectivity index (χ3n) is 5.60. The zero-order valence-corrected chi connectivity index (χ0v) is 15.6. The normalized spacial score (nSPS) is 20.2. The van der Waals surface area contributed by atoms with Gasteiger partial charge in [-0.15, -0.1) is 0 Å². The van der Waals surface area contributed by atoms with Gasteiger partial charge in [-0.1, -0.05) is 25.0 Å². The van der Waals surface area contributed by atoms with E-state index in [2.05, 4.69) is 5.32 Å². The number of nitrogens with one attached hydrogen (secondary N) is 1. The van der Waals surface area contributed by atoms with E-state index in [0.29, 0.717) is 31.5 Å². The second kappa shape index (κ2) is 7.23. The molecule has 1 aromatic rings. The Kier molecular flexibility index (Phi) is 5.35. The molecule has 0 atom stereocenters. The van der Waals surface area contributed by atoms with Crippen molar-refractivity contribution < 1.29 is 22.0 Å². The molecule has 0 spiro atoms. The van der Waals surface area contributed by atoms with Crippen LogP contribution >= 0.6 is 0 Å². The van der Waals surface area contributed by atoms with Crippen LogP contribution in [-0.2, 0) is 27.8 Å². The molecule has 0 aromatic heterocycles. The minimum absolute atomic E-state index is 0.0374. The smallest absolute Gasteiger partial charge is 0.252 e. The highest BCUT2D eigenvalue weighted by Gasteiger charge is 2.49. The number of alkyl halides is 2. The minimum Gasteiger partial charge on any atom is -0.325 e. The van der Waals surface area contributed by atoms with Gasteiger partial charge in [0.1, 0.15) is 5.41 Å². The van der Waals surface area contributed by atoms with E-state index in [1.165, 1.54) is 4.31 Å². The van der Waals surface area contributed by atoms with Gasteiger partial charge in [0.15, 0.2) is 0 Å². The molecule has 5 nitrogen and oxygen atoms in total. The van der Waals surface area contributed by atoms with E-state index in [4.69, 9.17) is 0 Å². The van der Waals surface area contributed by atoms with Gasteiger partial charge in [-0.3, -0.25) is 4.79 Å². The van der Waals surface area contributed by atoms with E-state index >= 15 is 0 Å². The lowest BCUT2D eigenvalue weighted by Gasteiger charge is -2.31. The van der Waals surface area contributed by atoms with E-state index in [1.54, 1.807) is 19.1 Å². The summed E-state index contributed by atoms with van der Waals surface area (Å²) in [5.74, 6) is -0.586. The van der Waals surface area contributed by atoms with Crippen molar-refractivity contribution in [1.82, 2.24) is 4.31 Å². The van der Waals surface area contributed by atoms with Gasteiger partial charge < -0.3 is 5.32 Å². The molecule has 1 amide bonds. The lowest BCUT2D eigenvalue weighted by atomic mass is 9.85. The van der Waals surface area contributed by atoms with E-state index in [9.17, 15) is 22.0 Å². The fraction of sp³-hybridized carbons (Fsp3) is 0.611. The van der Waals surface area contributed by atoms with Crippen molar-refractivity contribution in [1.29, 1.82) is 0 Å². The summed E-state index contributed by atoms with van der Waals surface area (Å²) in [4.78, 5) is 12.6. The molecule has 1 aromatic carbocycles. The fourth-order valence-corrected chi connectivity index (χ4v) is 4.99. The van der Waals surface area contributed by atoms with Crippen molar-refractivity contribution in [2.45, 2.75) is 52.0 Å². The van der Waals surface area contributed by atoms with Crippen LogP contribution in [0.3, 0.4) is 0 Å². The van der Waals surface area contributed by atoms with Crippen LogP contribution in [0, 0.1) is 5.41 Å². The number of benzene rings is 1. The van der Waals surface area contributed by atoms with Crippen LogP contribution in [-0.4, -0.2) is 37.4 Å². The maximum Gasteiger partial charge on any atom is 0.252 e. The van der Waals surface area contributed by atoms with Gasteiger partial charge in [-0.05, 0) is 43.4 Å². The highest BCUT2D eigenvalue weighted by Crippen LogP contribution is 2.44. The molecule has 1 N–H and O–H groups in total. The number of hydrogen-bond donors (Lipinski definition) is 1. The molecule has 8 heteroatoms. The average molecular weight is 386 g/mol. The molecule has 1 aliphatic heterocycles. The summed E-state index contributed by atoms with van der Waals surface area (Å²) in [6, 6.07) is 5.25. The van der Waals surface area contributed by atoms with Gasteiger partial charge in [0.2, 0.25) is 15.9 Å². The maximum atomic E-state index is 13.6. The highest BCUT2D eigenvalue weighted by atomic mass is 32.2. The molecular formula is C18H24F2N2O3S. The minimum atomic E-state index is -3.29. The quantitative estimate of drug-likeness (QED) is 0.845. The molecule has 1 fully saturated rings. The zero-order valence-electron chi connectivity index (χ0n) is 14.8. The Balaban J connectivity index is 1.83. The summed E-state index contributed by atoms with van der Waals surface area (Å²) >= 11 is 0. The summed E-state index contributed by atoms with van der Waals surface area (Å²) < 4.78 is 52.8. The van der Waals surface area contributed by atoms with Crippen molar-refractivity contribution in [3.8, 4) is 0 Å². The standard InChI is InChI=1S/C18H24F2N2O3S/c1-2-26(24,25)22-11-8-14-13(12-22)6-5-7-15(14)21-17(23)18(16(19)20)9-3-4-10-18/h5-7,16H,2-4,8-12H2,1H3,(H,21,23). The van der Waals surface area contributed by atoms with E-state index in [0.717, 1.165) is 11.1 Å². The Bertz CT molecular complexity index is 790. The van der Waals surface area contributed by atoms with E-state index < -0.39 is 27.8 Å². The summed E-state index contributed by atoms with van der Waals surface area (Å²) in [5, 5.41) is 2.71. The highest BCUT2D eigenvalue weighted by molar-refractivity contribution is 7.89. The first kappa shape index (κ1) is 19.2. The first-order valence-corrected chi connectivity index (χ1v) is 10.6. The van der Waals surface area contributed by atoms with Gasteiger partial charge >= 0.3 is 0 Å². The average Bonchev–Trinajstić information content (AvgIpc) is 3.13. The topological polar surface area (TPSA) is 66.5 Å². The molecule has 0 unspecified atom stereocenters. The number of carbonyl (C=O) groups is 1. The van der Waals surface area contributed by atoms with Crippen LogP contribution < -0.4 is 5.32 Å². The van der Waals surface area contributed by atoms with E-state index in [1.807, 2.05) is 6.07 Å². The second-order valence-electron chi connectivity index (χ2n) is 7.05. The summed E-state index contributed by atoms with van der Waals surface area (Å²) in [5.41, 5.74) is 0.567. The molecular weight excluding hydrogens is 362 g/mol. The summed E-state index contributed by atoms with van der Waals surface area (Å²) in [6.45, 7) is 2.18. The van der Waals surface area contributed by atoms with Crippen LogP contribution in [0.15, 0.2) is 18.2 Å². The number of fused-ring (bicyclic) bond motifs is 1. The third-order valence-corrected chi connectivity index (χ3v) is 7.43. The molecule has 144 valence electrons.